The molecule has 0 spiro atoms. The number of rotatable bonds is 7. The van der Waals surface area contributed by atoms with Crippen molar-refractivity contribution in [3.05, 3.63) is 12.2 Å². The SMILES string of the molecule is C=C(CNCC(C(C)C)C(C)C)C(=O)O. The molecule has 0 bridgehead atoms. The first kappa shape index (κ1) is 14.2. The van der Waals surface area contributed by atoms with E-state index < -0.39 is 5.97 Å². The van der Waals surface area contributed by atoms with Gasteiger partial charge in [0.05, 0.1) is 0 Å². The van der Waals surface area contributed by atoms with Crippen LogP contribution in [0.3, 0.4) is 0 Å². The van der Waals surface area contributed by atoms with E-state index in [1.807, 2.05) is 0 Å². The molecule has 0 aliphatic carbocycles. The Kier molecular flexibility index (Phi) is 6.25. The molecule has 0 aliphatic heterocycles. The predicted octanol–water partition coefficient (Wildman–Crippen LogP) is 2.15. The molecule has 15 heavy (non-hydrogen) atoms. The summed E-state index contributed by atoms with van der Waals surface area (Å²) in [5.41, 5.74) is 0.223. The molecule has 0 amide bonds. The molecule has 3 heteroatoms. The van der Waals surface area contributed by atoms with Gasteiger partial charge in [0.2, 0.25) is 0 Å². The van der Waals surface area contributed by atoms with Gasteiger partial charge in [0.15, 0.2) is 0 Å². The van der Waals surface area contributed by atoms with E-state index in [-0.39, 0.29) is 5.57 Å². The lowest BCUT2D eigenvalue weighted by atomic mass is 9.85. The molecule has 0 saturated heterocycles. The van der Waals surface area contributed by atoms with Gasteiger partial charge in [0, 0.05) is 12.1 Å². The number of carbonyl (C=O) groups is 1. The second kappa shape index (κ2) is 6.62. The van der Waals surface area contributed by atoms with E-state index in [0.717, 1.165) is 6.54 Å². The van der Waals surface area contributed by atoms with Gasteiger partial charge in [-0.25, -0.2) is 4.79 Å². The van der Waals surface area contributed by atoms with Gasteiger partial charge in [-0.2, -0.15) is 0 Å². The molecule has 0 unspecified atom stereocenters. The van der Waals surface area contributed by atoms with Gasteiger partial charge < -0.3 is 10.4 Å². The molecule has 0 aromatic carbocycles. The highest BCUT2D eigenvalue weighted by Gasteiger charge is 2.17. The van der Waals surface area contributed by atoms with Crippen LogP contribution in [0.5, 0.6) is 0 Å². The number of nitrogens with one attached hydrogen (secondary N) is 1. The fourth-order valence-electron chi connectivity index (χ4n) is 1.71. The molecule has 88 valence electrons. The highest BCUT2D eigenvalue weighted by Crippen LogP contribution is 2.19. The van der Waals surface area contributed by atoms with Crippen molar-refractivity contribution in [3.8, 4) is 0 Å². The summed E-state index contributed by atoms with van der Waals surface area (Å²) < 4.78 is 0. The van der Waals surface area contributed by atoms with E-state index >= 15 is 0 Å². The summed E-state index contributed by atoms with van der Waals surface area (Å²) in [5.74, 6) is 0.867. The highest BCUT2D eigenvalue weighted by atomic mass is 16.4. The number of carboxylic acids is 1. The molecule has 3 nitrogen and oxygen atoms in total. The van der Waals surface area contributed by atoms with E-state index in [1.165, 1.54) is 0 Å². The minimum absolute atomic E-state index is 0.223. The maximum atomic E-state index is 10.5. The van der Waals surface area contributed by atoms with Crippen LogP contribution in [0.15, 0.2) is 12.2 Å². The second-order valence-corrected chi connectivity index (χ2v) is 4.69. The van der Waals surface area contributed by atoms with E-state index in [9.17, 15) is 4.79 Å². The Balaban J connectivity index is 3.92. The Morgan fingerprint density at radius 2 is 1.73 bits per heavy atom. The molecule has 2 N–H and O–H groups in total. The highest BCUT2D eigenvalue weighted by molar-refractivity contribution is 5.86. The summed E-state index contributed by atoms with van der Waals surface area (Å²) in [6, 6.07) is 0. The third kappa shape index (κ3) is 5.57. The van der Waals surface area contributed by atoms with Gasteiger partial charge in [-0.3, -0.25) is 0 Å². The van der Waals surface area contributed by atoms with Crippen molar-refractivity contribution in [3.63, 3.8) is 0 Å². The normalized spacial score (nSPS) is 11.4. The van der Waals surface area contributed by atoms with Crippen molar-refractivity contribution >= 4 is 5.97 Å². The van der Waals surface area contributed by atoms with E-state index in [0.29, 0.717) is 24.3 Å². The van der Waals surface area contributed by atoms with Gasteiger partial charge in [0.25, 0.3) is 0 Å². The zero-order chi connectivity index (χ0) is 12.0. The molecule has 0 atom stereocenters. The lowest BCUT2D eigenvalue weighted by Gasteiger charge is -2.25. The van der Waals surface area contributed by atoms with Crippen molar-refractivity contribution in [2.24, 2.45) is 17.8 Å². The maximum Gasteiger partial charge on any atom is 0.332 e. The van der Waals surface area contributed by atoms with Crippen LogP contribution >= 0.6 is 0 Å². The second-order valence-electron chi connectivity index (χ2n) is 4.69. The van der Waals surface area contributed by atoms with Crippen LogP contribution in [-0.4, -0.2) is 24.2 Å². The van der Waals surface area contributed by atoms with E-state index in [1.54, 1.807) is 0 Å². The number of hydrogen-bond donors (Lipinski definition) is 2. The summed E-state index contributed by atoms with van der Waals surface area (Å²) in [6.07, 6.45) is 0. The Labute approximate surface area is 92.6 Å². The minimum atomic E-state index is -0.923. The molecular formula is C12H23NO2. The van der Waals surface area contributed by atoms with Gasteiger partial charge in [0.1, 0.15) is 0 Å². The number of aliphatic carboxylic acids is 1. The molecule has 0 fully saturated rings. The van der Waals surface area contributed by atoms with Crippen LogP contribution in [0.1, 0.15) is 27.7 Å². The smallest absolute Gasteiger partial charge is 0.332 e. The summed E-state index contributed by atoms with van der Waals surface area (Å²) in [7, 11) is 0. The zero-order valence-electron chi connectivity index (χ0n) is 10.2. The largest absolute Gasteiger partial charge is 0.478 e. The van der Waals surface area contributed by atoms with Crippen LogP contribution in [0.4, 0.5) is 0 Å². The maximum absolute atomic E-state index is 10.5. The van der Waals surface area contributed by atoms with Crippen LogP contribution < -0.4 is 5.32 Å². The van der Waals surface area contributed by atoms with Crippen LogP contribution in [0.25, 0.3) is 0 Å². The lowest BCUT2D eigenvalue weighted by Crippen LogP contribution is -2.31. The Bertz CT molecular complexity index is 214. The van der Waals surface area contributed by atoms with Gasteiger partial charge in [-0.1, -0.05) is 34.3 Å². The Hall–Kier alpha value is -0.830. The van der Waals surface area contributed by atoms with Gasteiger partial charge in [-0.15, -0.1) is 0 Å². The standard InChI is InChI=1S/C12H23NO2/c1-8(2)11(9(3)4)7-13-6-10(5)12(14)15/h8-9,11,13H,5-7H2,1-4H3,(H,14,15). The number of hydrogen-bond acceptors (Lipinski definition) is 2. The van der Waals surface area contributed by atoms with E-state index in [2.05, 4.69) is 39.6 Å². The van der Waals surface area contributed by atoms with Crippen LogP contribution in [-0.2, 0) is 4.79 Å². The Morgan fingerprint density at radius 1 is 1.27 bits per heavy atom. The fraction of sp³-hybridized carbons (Fsp3) is 0.750. The van der Waals surface area contributed by atoms with Crippen molar-refractivity contribution in [1.29, 1.82) is 0 Å². The molecule has 0 aliphatic rings. The van der Waals surface area contributed by atoms with E-state index in [4.69, 9.17) is 5.11 Å². The number of carboxylic acid groups (broad SMARTS) is 1. The summed E-state index contributed by atoms with van der Waals surface area (Å²) >= 11 is 0. The average Bonchev–Trinajstić information content (AvgIpc) is 2.10. The van der Waals surface area contributed by atoms with Crippen molar-refractivity contribution < 1.29 is 9.90 Å². The molecule has 0 radical (unpaired) electrons. The predicted molar refractivity (Wildman–Crippen MR) is 62.8 cm³/mol. The van der Waals surface area contributed by atoms with Crippen LogP contribution in [0.2, 0.25) is 0 Å². The summed E-state index contributed by atoms with van der Waals surface area (Å²) in [4.78, 5) is 10.5. The molecule has 0 heterocycles. The average molecular weight is 213 g/mol. The lowest BCUT2D eigenvalue weighted by molar-refractivity contribution is -0.132. The molecule has 0 saturated carbocycles. The minimum Gasteiger partial charge on any atom is -0.478 e. The van der Waals surface area contributed by atoms with Crippen molar-refractivity contribution in [2.45, 2.75) is 27.7 Å². The molecular weight excluding hydrogens is 190 g/mol. The van der Waals surface area contributed by atoms with Crippen molar-refractivity contribution in [2.75, 3.05) is 13.1 Å². The fourth-order valence-corrected chi connectivity index (χ4v) is 1.71. The van der Waals surface area contributed by atoms with Crippen LogP contribution in [0, 0.1) is 17.8 Å². The molecule has 0 rings (SSSR count). The first-order valence-corrected chi connectivity index (χ1v) is 5.48. The van der Waals surface area contributed by atoms with Gasteiger partial charge in [-0.05, 0) is 24.3 Å². The molecule has 0 aromatic heterocycles. The third-order valence-electron chi connectivity index (χ3n) is 2.73. The van der Waals surface area contributed by atoms with Gasteiger partial charge >= 0.3 is 5.97 Å². The Morgan fingerprint density at radius 3 is 2.07 bits per heavy atom. The third-order valence-corrected chi connectivity index (χ3v) is 2.73. The topological polar surface area (TPSA) is 49.3 Å². The first-order chi connectivity index (χ1) is 6.86. The summed E-state index contributed by atoms with van der Waals surface area (Å²) in [5, 5.41) is 11.8. The first-order valence-electron chi connectivity index (χ1n) is 5.48. The quantitative estimate of drug-likeness (QED) is 0.637. The zero-order valence-corrected chi connectivity index (χ0v) is 10.2. The van der Waals surface area contributed by atoms with Crippen molar-refractivity contribution in [1.82, 2.24) is 5.32 Å². The molecule has 0 aromatic rings. The monoisotopic (exact) mass is 213 g/mol. The summed E-state index contributed by atoms with van der Waals surface area (Å²) in [6.45, 7) is 13.5.